The molecule has 1 aliphatic heterocycles. The van der Waals surface area contributed by atoms with E-state index < -0.39 is 0 Å². The lowest BCUT2D eigenvalue weighted by atomic mass is 10.1. The third-order valence-corrected chi connectivity index (χ3v) is 4.01. The van der Waals surface area contributed by atoms with Crippen molar-refractivity contribution in [1.82, 2.24) is 14.9 Å². The second-order valence-electron chi connectivity index (χ2n) is 5.33. The monoisotopic (exact) mass is 270 g/mol. The van der Waals surface area contributed by atoms with Gasteiger partial charge in [0.25, 0.3) is 0 Å². The van der Waals surface area contributed by atoms with Crippen LogP contribution in [0.3, 0.4) is 0 Å². The number of hydrogen-bond donors (Lipinski definition) is 1. The number of fused-ring (bicyclic) bond motifs is 1. The summed E-state index contributed by atoms with van der Waals surface area (Å²) in [6, 6.07) is 9.31. The van der Waals surface area contributed by atoms with Crippen molar-refractivity contribution in [2.45, 2.75) is 33.0 Å². The first-order valence-corrected chi connectivity index (χ1v) is 7.36. The van der Waals surface area contributed by atoms with E-state index in [9.17, 15) is 0 Å². The molecule has 0 bridgehead atoms. The van der Waals surface area contributed by atoms with Crippen LogP contribution >= 0.6 is 0 Å². The molecule has 4 heteroatoms. The van der Waals surface area contributed by atoms with Crippen LogP contribution in [0, 0.1) is 0 Å². The minimum Gasteiger partial charge on any atom is -0.362 e. The fourth-order valence-electron chi connectivity index (χ4n) is 2.79. The van der Waals surface area contributed by atoms with Crippen LogP contribution in [0.2, 0.25) is 0 Å². The molecule has 1 aromatic heterocycles. The molecule has 0 radical (unpaired) electrons. The minimum absolute atomic E-state index is 0.411. The molecular weight excluding hydrogens is 248 g/mol. The number of hydrogen-bond acceptors (Lipinski definition) is 3. The van der Waals surface area contributed by atoms with Crippen molar-refractivity contribution in [3.63, 3.8) is 0 Å². The second kappa shape index (κ2) is 5.67. The average Bonchev–Trinajstić information content (AvgIpc) is 2.95. The molecule has 0 fully saturated rings. The van der Waals surface area contributed by atoms with E-state index in [0.717, 1.165) is 32.0 Å². The van der Waals surface area contributed by atoms with Gasteiger partial charge in [0.05, 0.1) is 6.54 Å². The minimum atomic E-state index is 0.411. The van der Waals surface area contributed by atoms with Crippen LogP contribution in [0.15, 0.2) is 36.7 Å². The molecule has 0 saturated heterocycles. The number of benzene rings is 1. The van der Waals surface area contributed by atoms with Crippen molar-refractivity contribution in [3.05, 3.63) is 48.0 Å². The number of imidazole rings is 1. The highest BCUT2D eigenvalue weighted by molar-refractivity contribution is 5.48. The van der Waals surface area contributed by atoms with Crippen LogP contribution in [0.5, 0.6) is 0 Å². The molecule has 106 valence electrons. The number of nitrogens with zero attached hydrogens (tertiary/aromatic N) is 3. The summed E-state index contributed by atoms with van der Waals surface area (Å²) in [7, 11) is 0. The van der Waals surface area contributed by atoms with E-state index in [1.54, 1.807) is 0 Å². The molecule has 20 heavy (non-hydrogen) atoms. The van der Waals surface area contributed by atoms with Crippen molar-refractivity contribution in [2.24, 2.45) is 0 Å². The maximum absolute atomic E-state index is 4.41. The van der Waals surface area contributed by atoms with E-state index in [0.29, 0.717) is 6.04 Å². The zero-order valence-corrected chi connectivity index (χ0v) is 12.2. The van der Waals surface area contributed by atoms with Gasteiger partial charge in [-0.2, -0.15) is 0 Å². The first-order valence-electron chi connectivity index (χ1n) is 7.36. The summed E-state index contributed by atoms with van der Waals surface area (Å²) in [6.45, 7) is 8.31. The van der Waals surface area contributed by atoms with Gasteiger partial charge in [-0.05, 0) is 31.2 Å². The third-order valence-electron chi connectivity index (χ3n) is 4.01. The van der Waals surface area contributed by atoms with E-state index in [4.69, 9.17) is 0 Å². The second-order valence-corrected chi connectivity index (χ2v) is 5.33. The Kier molecular flexibility index (Phi) is 3.74. The van der Waals surface area contributed by atoms with Crippen LogP contribution in [-0.4, -0.2) is 22.6 Å². The largest absolute Gasteiger partial charge is 0.362 e. The van der Waals surface area contributed by atoms with E-state index in [1.807, 2.05) is 6.20 Å². The van der Waals surface area contributed by atoms with Crippen LogP contribution in [-0.2, 0) is 13.1 Å². The lowest BCUT2D eigenvalue weighted by Crippen LogP contribution is -2.33. The Balaban J connectivity index is 1.72. The first-order chi connectivity index (χ1) is 9.78. The van der Waals surface area contributed by atoms with E-state index in [2.05, 4.69) is 64.1 Å². The number of rotatable bonds is 4. The van der Waals surface area contributed by atoms with Gasteiger partial charge in [-0.15, -0.1) is 0 Å². The Bertz CT molecular complexity index is 558. The molecule has 1 N–H and O–H groups in total. The van der Waals surface area contributed by atoms with E-state index in [1.165, 1.54) is 11.3 Å². The van der Waals surface area contributed by atoms with Gasteiger partial charge in [-0.3, -0.25) is 0 Å². The molecule has 1 unspecified atom stereocenters. The summed E-state index contributed by atoms with van der Waals surface area (Å²) in [5, 5.41) is 3.44. The van der Waals surface area contributed by atoms with Crippen LogP contribution < -0.4 is 10.2 Å². The zero-order valence-electron chi connectivity index (χ0n) is 12.2. The summed E-state index contributed by atoms with van der Waals surface area (Å²) in [5.74, 6) is 1.15. The Morgan fingerprint density at radius 3 is 2.80 bits per heavy atom. The molecule has 3 rings (SSSR count). The maximum Gasteiger partial charge on any atom is 0.128 e. The van der Waals surface area contributed by atoms with Crippen molar-refractivity contribution >= 4 is 5.69 Å². The standard InChI is InChI=1S/C16H22N4/c1-3-17-13(2)14-4-6-15(7-5-14)20-11-10-19-9-8-18-16(19)12-20/h4-9,13,17H,3,10-12H2,1-2H3. The van der Waals surface area contributed by atoms with E-state index in [-0.39, 0.29) is 0 Å². The fourth-order valence-corrected chi connectivity index (χ4v) is 2.79. The van der Waals surface area contributed by atoms with Gasteiger partial charge in [0.15, 0.2) is 0 Å². The third kappa shape index (κ3) is 2.56. The summed E-state index contributed by atoms with van der Waals surface area (Å²) in [5.41, 5.74) is 2.63. The Morgan fingerprint density at radius 2 is 2.05 bits per heavy atom. The lowest BCUT2D eigenvalue weighted by Gasteiger charge is -2.29. The van der Waals surface area contributed by atoms with Gasteiger partial charge in [0.1, 0.15) is 5.82 Å². The number of anilines is 1. The van der Waals surface area contributed by atoms with Crippen molar-refractivity contribution in [2.75, 3.05) is 18.0 Å². The van der Waals surface area contributed by atoms with Gasteiger partial charge in [-0.1, -0.05) is 19.1 Å². The molecule has 0 spiro atoms. The van der Waals surface area contributed by atoms with Crippen molar-refractivity contribution in [1.29, 1.82) is 0 Å². The van der Waals surface area contributed by atoms with Gasteiger partial charge in [0, 0.05) is 37.2 Å². The normalized spacial score (nSPS) is 16.0. The van der Waals surface area contributed by atoms with Crippen molar-refractivity contribution < 1.29 is 0 Å². The molecule has 1 atom stereocenters. The van der Waals surface area contributed by atoms with Gasteiger partial charge in [0.2, 0.25) is 0 Å². The molecule has 2 heterocycles. The SMILES string of the molecule is CCNC(C)c1ccc(N2CCn3ccnc3C2)cc1. The van der Waals surface area contributed by atoms with Gasteiger partial charge >= 0.3 is 0 Å². The Hall–Kier alpha value is -1.81. The zero-order chi connectivity index (χ0) is 13.9. The van der Waals surface area contributed by atoms with Crippen LogP contribution in [0.1, 0.15) is 31.3 Å². The lowest BCUT2D eigenvalue weighted by molar-refractivity contribution is 0.559. The van der Waals surface area contributed by atoms with Gasteiger partial charge < -0.3 is 14.8 Å². The molecule has 1 aromatic carbocycles. The summed E-state index contributed by atoms with van der Waals surface area (Å²) in [6.07, 6.45) is 3.95. The topological polar surface area (TPSA) is 33.1 Å². The molecule has 0 amide bonds. The molecule has 1 aliphatic rings. The van der Waals surface area contributed by atoms with Gasteiger partial charge in [-0.25, -0.2) is 4.98 Å². The van der Waals surface area contributed by atoms with Crippen LogP contribution in [0.25, 0.3) is 0 Å². The Labute approximate surface area is 120 Å². The summed E-state index contributed by atoms with van der Waals surface area (Å²) in [4.78, 5) is 6.81. The smallest absolute Gasteiger partial charge is 0.128 e. The highest BCUT2D eigenvalue weighted by Crippen LogP contribution is 2.22. The molecule has 4 nitrogen and oxygen atoms in total. The first kappa shape index (κ1) is 13.2. The molecule has 0 aliphatic carbocycles. The number of aromatic nitrogens is 2. The predicted molar refractivity (Wildman–Crippen MR) is 81.8 cm³/mol. The van der Waals surface area contributed by atoms with Crippen molar-refractivity contribution in [3.8, 4) is 0 Å². The molecule has 0 saturated carbocycles. The fraction of sp³-hybridized carbons (Fsp3) is 0.438. The highest BCUT2D eigenvalue weighted by Gasteiger charge is 2.16. The predicted octanol–water partition coefficient (Wildman–Crippen LogP) is 2.57. The van der Waals surface area contributed by atoms with E-state index >= 15 is 0 Å². The quantitative estimate of drug-likeness (QED) is 0.927. The Morgan fingerprint density at radius 1 is 1.25 bits per heavy atom. The number of nitrogens with one attached hydrogen (secondary N) is 1. The summed E-state index contributed by atoms with van der Waals surface area (Å²) >= 11 is 0. The summed E-state index contributed by atoms with van der Waals surface area (Å²) < 4.78 is 2.23. The molecule has 2 aromatic rings. The average molecular weight is 270 g/mol. The molecular formula is C16H22N4. The maximum atomic E-state index is 4.41. The highest BCUT2D eigenvalue weighted by atomic mass is 15.2. The van der Waals surface area contributed by atoms with Crippen LogP contribution in [0.4, 0.5) is 5.69 Å².